The van der Waals surface area contributed by atoms with Crippen molar-refractivity contribution in [2.45, 2.75) is 38.5 Å². The molecule has 1 amide bonds. The highest BCUT2D eigenvalue weighted by Gasteiger charge is 2.08. The van der Waals surface area contributed by atoms with Crippen LogP contribution in [0, 0.1) is 0 Å². The highest BCUT2D eigenvalue weighted by molar-refractivity contribution is 5.73. The monoisotopic (exact) mass is 272 g/mol. The first kappa shape index (κ1) is 16.4. The van der Waals surface area contributed by atoms with Gasteiger partial charge in [0.15, 0.2) is 0 Å². The first-order valence-corrected chi connectivity index (χ1v) is 7.45. The van der Waals surface area contributed by atoms with Crippen molar-refractivity contribution < 1.29 is 14.3 Å². The molecule has 0 radical (unpaired) electrons. The van der Waals surface area contributed by atoms with Crippen molar-refractivity contribution in [2.75, 3.05) is 46.1 Å². The number of ether oxygens (including phenoxy) is 2. The van der Waals surface area contributed by atoms with Crippen LogP contribution in [0.25, 0.3) is 0 Å². The third-order valence-electron chi connectivity index (χ3n) is 3.37. The van der Waals surface area contributed by atoms with Crippen LogP contribution in [-0.2, 0) is 14.3 Å². The molecule has 1 fully saturated rings. The predicted molar refractivity (Wildman–Crippen MR) is 75.0 cm³/mol. The summed E-state index contributed by atoms with van der Waals surface area (Å²) in [5.74, 6) is -0.188. The second kappa shape index (κ2) is 11.2. The van der Waals surface area contributed by atoms with Crippen molar-refractivity contribution in [3.63, 3.8) is 0 Å². The molecule has 0 aliphatic carbocycles. The van der Waals surface area contributed by atoms with Gasteiger partial charge in [-0.1, -0.05) is 19.3 Å². The largest absolute Gasteiger partial charge is 0.380 e. The van der Waals surface area contributed by atoms with Crippen LogP contribution in [0.15, 0.2) is 0 Å². The van der Waals surface area contributed by atoms with E-state index in [1.807, 2.05) is 0 Å². The fourth-order valence-corrected chi connectivity index (χ4v) is 2.15. The molecule has 1 rings (SSSR count). The van der Waals surface area contributed by atoms with Gasteiger partial charge in [-0.25, -0.2) is 0 Å². The molecule has 19 heavy (non-hydrogen) atoms. The first-order valence-electron chi connectivity index (χ1n) is 7.45. The predicted octanol–water partition coefficient (Wildman–Crippen LogP) is 1.16. The Hall–Kier alpha value is -0.650. The molecule has 0 spiro atoms. The number of hydrogen-bond donors (Lipinski definition) is 1. The van der Waals surface area contributed by atoms with E-state index in [1.165, 1.54) is 12.8 Å². The number of amides is 1. The zero-order chi connectivity index (χ0) is 13.8. The lowest BCUT2D eigenvalue weighted by Crippen LogP contribution is -2.38. The van der Waals surface area contributed by atoms with Crippen LogP contribution in [-0.4, -0.2) is 56.9 Å². The molecule has 1 saturated heterocycles. The van der Waals surface area contributed by atoms with Crippen LogP contribution in [0.4, 0.5) is 0 Å². The van der Waals surface area contributed by atoms with E-state index in [0.29, 0.717) is 6.42 Å². The number of nitrogens with zero attached hydrogens (tertiary/aromatic N) is 1. The van der Waals surface area contributed by atoms with Gasteiger partial charge in [-0.05, 0) is 12.8 Å². The van der Waals surface area contributed by atoms with Gasteiger partial charge < -0.3 is 15.2 Å². The standard InChI is InChI=1S/C14H28N2O3/c15-14(17)6-4-2-1-3-5-10-18-11-7-16-8-12-19-13-9-16/h1-13H2,(H2,15,17). The number of hydrogen-bond acceptors (Lipinski definition) is 4. The van der Waals surface area contributed by atoms with E-state index in [4.69, 9.17) is 15.2 Å². The van der Waals surface area contributed by atoms with Crippen LogP contribution < -0.4 is 5.73 Å². The SMILES string of the molecule is NC(=O)CCCCCCCOCCN1CCOCC1. The summed E-state index contributed by atoms with van der Waals surface area (Å²) in [6.07, 6.45) is 6.00. The molecule has 0 saturated carbocycles. The number of carbonyl (C=O) groups is 1. The Morgan fingerprint density at radius 3 is 2.47 bits per heavy atom. The van der Waals surface area contributed by atoms with Crippen LogP contribution in [0.5, 0.6) is 0 Å². The molecule has 0 bridgehead atoms. The lowest BCUT2D eigenvalue weighted by molar-refractivity contribution is -0.118. The Labute approximate surface area is 116 Å². The van der Waals surface area contributed by atoms with Gasteiger partial charge in [0, 0.05) is 32.7 Å². The van der Waals surface area contributed by atoms with Crippen molar-refractivity contribution in [1.29, 1.82) is 0 Å². The van der Waals surface area contributed by atoms with Gasteiger partial charge in [0.05, 0.1) is 19.8 Å². The Kier molecular flexibility index (Phi) is 9.67. The fraction of sp³-hybridized carbons (Fsp3) is 0.929. The molecule has 5 heteroatoms. The van der Waals surface area contributed by atoms with Gasteiger partial charge in [-0.2, -0.15) is 0 Å². The summed E-state index contributed by atoms with van der Waals surface area (Å²) >= 11 is 0. The molecule has 1 aliphatic heterocycles. The normalized spacial score (nSPS) is 16.6. The van der Waals surface area contributed by atoms with Crippen molar-refractivity contribution in [2.24, 2.45) is 5.73 Å². The maximum absolute atomic E-state index is 10.5. The van der Waals surface area contributed by atoms with Gasteiger partial charge >= 0.3 is 0 Å². The van der Waals surface area contributed by atoms with E-state index in [0.717, 1.165) is 65.3 Å². The smallest absolute Gasteiger partial charge is 0.217 e. The lowest BCUT2D eigenvalue weighted by Gasteiger charge is -2.26. The number of morpholine rings is 1. The topological polar surface area (TPSA) is 64.8 Å². The number of unbranched alkanes of at least 4 members (excludes halogenated alkanes) is 4. The quantitative estimate of drug-likeness (QED) is 0.573. The van der Waals surface area contributed by atoms with Crippen LogP contribution in [0.1, 0.15) is 38.5 Å². The number of primary amides is 1. The maximum atomic E-state index is 10.5. The van der Waals surface area contributed by atoms with Crippen molar-refractivity contribution in [1.82, 2.24) is 4.90 Å². The van der Waals surface area contributed by atoms with E-state index in [2.05, 4.69) is 4.90 Å². The minimum atomic E-state index is -0.188. The Balaban J connectivity index is 1.74. The molecule has 0 unspecified atom stereocenters. The van der Waals surface area contributed by atoms with Gasteiger partial charge in [-0.3, -0.25) is 9.69 Å². The maximum Gasteiger partial charge on any atom is 0.217 e. The summed E-state index contributed by atoms with van der Waals surface area (Å²) in [6, 6.07) is 0. The van der Waals surface area contributed by atoms with Gasteiger partial charge in [0.1, 0.15) is 0 Å². The summed E-state index contributed by atoms with van der Waals surface area (Å²) < 4.78 is 10.9. The van der Waals surface area contributed by atoms with Gasteiger partial charge in [0.2, 0.25) is 5.91 Å². The highest BCUT2D eigenvalue weighted by atomic mass is 16.5. The van der Waals surface area contributed by atoms with Crippen molar-refractivity contribution >= 4 is 5.91 Å². The van der Waals surface area contributed by atoms with E-state index in [9.17, 15) is 4.79 Å². The van der Waals surface area contributed by atoms with Crippen molar-refractivity contribution in [3.8, 4) is 0 Å². The minimum absolute atomic E-state index is 0.188. The van der Waals surface area contributed by atoms with Crippen molar-refractivity contribution in [3.05, 3.63) is 0 Å². The third-order valence-corrected chi connectivity index (χ3v) is 3.37. The first-order chi connectivity index (χ1) is 9.29. The molecular formula is C14H28N2O3. The summed E-state index contributed by atoms with van der Waals surface area (Å²) in [5.41, 5.74) is 5.08. The fourth-order valence-electron chi connectivity index (χ4n) is 2.15. The zero-order valence-electron chi connectivity index (χ0n) is 11.9. The summed E-state index contributed by atoms with van der Waals surface area (Å²) in [4.78, 5) is 12.9. The molecule has 2 N–H and O–H groups in total. The van der Waals surface area contributed by atoms with Crippen LogP contribution in [0.3, 0.4) is 0 Å². The third kappa shape index (κ3) is 9.87. The average Bonchev–Trinajstić information content (AvgIpc) is 2.42. The summed E-state index contributed by atoms with van der Waals surface area (Å²) in [6.45, 7) is 6.45. The average molecular weight is 272 g/mol. The Morgan fingerprint density at radius 2 is 1.74 bits per heavy atom. The molecule has 0 atom stereocenters. The van der Waals surface area contributed by atoms with Gasteiger partial charge in [0.25, 0.3) is 0 Å². The highest BCUT2D eigenvalue weighted by Crippen LogP contribution is 2.05. The molecule has 0 aromatic carbocycles. The second-order valence-corrected chi connectivity index (χ2v) is 5.05. The minimum Gasteiger partial charge on any atom is -0.380 e. The molecule has 1 heterocycles. The van der Waals surface area contributed by atoms with E-state index in [1.54, 1.807) is 0 Å². The van der Waals surface area contributed by atoms with E-state index >= 15 is 0 Å². The van der Waals surface area contributed by atoms with Crippen LogP contribution >= 0.6 is 0 Å². The van der Waals surface area contributed by atoms with Crippen LogP contribution in [0.2, 0.25) is 0 Å². The molecule has 0 aromatic heterocycles. The lowest BCUT2D eigenvalue weighted by atomic mass is 10.1. The number of carbonyl (C=O) groups excluding carboxylic acids is 1. The summed E-state index contributed by atoms with van der Waals surface area (Å²) in [5, 5.41) is 0. The Morgan fingerprint density at radius 1 is 1.05 bits per heavy atom. The molecule has 1 aliphatic rings. The van der Waals surface area contributed by atoms with E-state index in [-0.39, 0.29) is 5.91 Å². The molecule has 5 nitrogen and oxygen atoms in total. The number of rotatable bonds is 11. The second-order valence-electron chi connectivity index (χ2n) is 5.05. The number of nitrogens with two attached hydrogens (primary N) is 1. The zero-order valence-corrected chi connectivity index (χ0v) is 11.9. The van der Waals surface area contributed by atoms with E-state index < -0.39 is 0 Å². The molecular weight excluding hydrogens is 244 g/mol. The van der Waals surface area contributed by atoms with Gasteiger partial charge in [-0.15, -0.1) is 0 Å². The Bertz CT molecular complexity index is 231. The summed E-state index contributed by atoms with van der Waals surface area (Å²) in [7, 11) is 0. The molecule has 0 aromatic rings. The molecule has 112 valence electrons.